The summed E-state index contributed by atoms with van der Waals surface area (Å²) in [5.41, 5.74) is 0.0548. The molecule has 0 saturated carbocycles. The van der Waals surface area contributed by atoms with E-state index < -0.39 is 7.32 Å². The average Bonchev–Trinajstić information content (AvgIpc) is 1.78. The Kier molecular flexibility index (Phi) is 4.48. The Morgan fingerprint density at radius 1 is 1.30 bits per heavy atom. The minimum atomic E-state index is -1.00. The van der Waals surface area contributed by atoms with E-state index in [1.165, 1.54) is 0 Å². The van der Waals surface area contributed by atoms with E-state index in [9.17, 15) is 0 Å². The second-order valence-electron chi connectivity index (χ2n) is 3.09. The Morgan fingerprint density at radius 3 is 2.00 bits per heavy atom. The van der Waals surface area contributed by atoms with E-state index in [1.807, 2.05) is 13.8 Å². The van der Waals surface area contributed by atoms with Crippen LogP contribution < -0.4 is 0 Å². The van der Waals surface area contributed by atoms with Crippen molar-refractivity contribution in [1.29, 1.82) is 0 Å². The van der Waals surface area contributed by atoms with Crippen LogP contribution in [-0.2, 0) is 9.31 Å². The third-order valence-corrected chi connectivity index (χ3v) is 1.23. The summed E-state index contributed by atoms with van der Waals surface area (Å²) in [7, 11) is -1.00. The molecule has 0 amide bonds. The van der Waals surface area contributed by atoms with Gasteiger partial charge in [-0.25, -0.2) is 0 Å². The Labute approximate surface area is 83.6 Å². The van der Waals surface area contributed by atoms with Gasteiger partial charge in [0.2, 0.25) is 0 Å². The first-order valence-electron chi connectivity index (χ1n) is 3.01. The monoisotopic (exact) mass is 154 g/mol. The van der Waals surface area contributed by atoms with Crippen molar-refractivity contribution in [3.63, 3.8) is 0 Å². The molecule has 1 aliphatic rings. The van der Waals surface area contributed by atoms with Crippen LogP contribution in [0.1, 0.15) is 13.8 Å². The second kappa shape index (κ2) is 4.09. The van der Waals surface area contributed by atoms with Gasteiger partial charge < -0.3 is 14.3 Å². The van der Waals surface area contributed by atoms with Crippen molar-refractivity contribution in [1.82, 2.24) is 0 Å². The Balaban J connectivity index is 0.000000810. The molecule has 0 bridgehead atoms. The summed E-state index contributed by atoms with van der Waals surface area (Å²) in [5.74, 6) is 0. The van der Waals surface area contributed by atoms with Crippen LogP contribution in [-0.4, -0.2) is 55.1 Å². The minimum absolute atomic E-state index is 0. The van der Waals surface area contributed by atoms with Crippen LogP contribution in [0.2, 0.25) is 0 Å². The molecule has 0 atom stereocenters. The van der Waals surface area contributed by atoms with Crippen LogP contribution in [0.4, 0.5) is 0 Å². The summed E-state index contributed by atoms with van der Waals surface area (Å²) in [6.07, 6.45) is 0. The second-order valence-corrected chi connectivity index (χ2v) is 3.09. The Hall–Kier alpha value is 0.945. The first-order valence-corrected chi connectivity index (χ1v) is 3.01. The summed E-state index contributed by atoms with van der Waals surface area (Å²) >= 11 is 0. The van der Waals surface area contributed by atoms with Gasteiger partial charge in [-0.3, -0.25) is 0 Å². The molecule has 1 aliphatic heterocycles. The predicted octanol–water partition coefficient (Wildman–Crippen LogP) is -0.612. The van der Waals surface area contributed by atoms with Crippen LogP contribution in [0.5, 0.6) is 0 Å². The fourth-order valence-electron chi connectivity index (χ4n) is 0.684. The van der Waals surface area contributed by atoms with E-state index in [4.69, 9.17) is 14.3 Å². The topological polar surface area (TPSA) is 38.7 Å². The van der Waals surface area contributed by atoms with Crippen molar-refractivity contribution in [3.05, 3.63) is 0 Å². The zero-order chi connectivity index (χ0) is 6.91. The van der Waals surface area contributed by atoms with Crippen LogP contribution in [0.3, 0.4) is 0 Å². The van der Waals surface area contributed by atoms with Crippen LogP contribution in [0.15, 0.2) is 0 Å². The van der Waals surface area contributed by atoms with Gasteiger partial charge in [0.1, 0.15) is 0 Å². The van der Waals surface area contributed by atoms with Gasteiger partial charge >= 0.3 is 36.9 Å². The third kappa shape index (κ3) is 3.37. The van der Waals surface area contributed by atoms with Crippen molar-refractivity contribution in [3.8, 4) is 0 Å². The molecule has 1 rings (SSSR count). The SMILES string of the molecule is CC1(C)COB(O)OC1.[NaH]. The summed E-state index contributed by atoms with van der Waals surface area (Å²) in [6, 6.07) is 0. The number of rotatable bonds is 0. The Bertz CT molecular complexity index is 99.1. The van der Waals surface area contributed by atoms with Gasteiger partial charge in [0.25, 0.3) is 0 Å². The molecule has 1 saturated heterocycles. The van der Waals surface area contributed by atoms with E-state index in [2.05, 4.69) is 0 Å². The maximum absolute atomic E-state index is 8.70. The predicted molar refractivity (Wildman–Crippen MR) is 40.8 cm³/mol. The van der Waals surface area contributed by atoms with Gasteiger partial charge in [0, 0.05) is 18.6 Å². The van der Waals surface area contributed by atoms with Gasteiger partial charge in [0.15, 0.2) is 0 Å². The van der Waals surface area contributed by atoms with Gasteiger partial charge in [-0.2, -0.15) is 0 Å². The molecule has 0 aromatic carbocycles. The summed E-state index contributed by atoms with van der Waals surface area (Å²) in [5, 5.41) is 8.70. The van der Waals surface area contributed by atoms with Gasteiger partial charge in [-0.15, -0.1) is 0 Å². The first kappa shape index (κ1) is 10.9. The van der Waals surface area contributed by atoms with Gasteiger partial charge in [-0.05, 0) is 0 Å². The van der Waals surface area contributed by atoms with Crippen LogP contribution in [0, 0.1) is 5.41 Å². The molecule has 0 aromatic heterocycles. The molecule has 0 aliphatic carbocycles. The molecule has 0 aromatic rings. The van der Waals surface area contributed by atoms with Gasteiger partial charge in [0.05, 0.1) is 0 Å². The van der Waals surface area contributed by atoms with Crippen LogP contribution >= 0.6 is 0 Å². The van der Waals surface area contributed by atoms with Crippen molar-refractivity contribution in [2.75, 3.05) is 13.2 Å². The van der Waals surface area contributed by atoms with Gasteiger partial charge in [-0.1, -0.05) is 13.8 Å². The molecule has 5 heteroatoms. The summed E-state index contributed by atoms with van der Waals surface area (Å²) in [6.45, 7) is 5.18. The van der Waals surface area contributed by atoms with E-state index >= 15 is 0 Å². The molecule has 1 N–H and O–H groups in total. The molecular formula is C5H12BNaO3. The Morgan fingerprint density at radius 2 is 1.70 bits per heavy atom. The van der Waals surface area contributed by atoms with Crippen molar-refractivity contribution in [2.45, 2.75) is 13.8 Å². The fourth-order valence-corrected chi connectivity index (χ4v) is 0.684. The summed E-state index contributed by atoms with van der Waals surface area (Å²) in [4.78, 5) is 0. The number of hydrogen-bond acceptors (Lipinski definition) is 3. The maximum atomic E-state index is 8.70. The normalized spacial score (nSPS) is 23.7. The standard InChI is InChI=1S/C5H11BO3.Na.H/c1-5(2)3-8-6(7)9-4-5;;/h7H,3-4H2,1-2H3;;. The zero-order valence-corrected chi connectivity index (χ0v) is 5.76. The molecule has 0 unspecified atom stereocenters. The first-order chi connectivity index (χ1) is 4.10. The van der Waals surface area contributed by atoms with E-state index in [0.717, 1.165) is 0 Å². The molecule has 3 nitrogen and oxygen atoms in total. The number of hydrogen-bond donors (Lipinski definition) is 1. The van der Waals surface area contributed by atoms with E-state index in [-0.39, 0.29) is 35.0 Å². The average molecular weight is 154 g/mol. The zero-order valence-electron chi connectivity index (χ0n) is 5.76. The molecule has 1 fully saturated rings. The van der Waals surface area contributed by atoms with Crippen LogP contribution in [0.25, 0.3) is 0 Å². The van der Waals surface area contributed by atoms with Crippen molar-refractivity contribution in [2.24, 2.45) is 5.41 Å². The van der Waals surface area contributed by atoms with E-state index in [0.29, 0.717) is 13.2 Å². The molecule has 54 valence electrons. The van der Waals surface area contributed by atoms with Crippen molar-refractivity contribution >= 4 is 36.9 Å². The third-order valence-electron chi connectivity index (χ3n) is 1.23. The fraction of sp³-hybridized carbons (Fsp3) is 1.00. The molecular weight excluding hydrogens is 142 g/mol. The molecule has 0 spiro atoms. The summed E-state index contributed by atoms with van der Waals surface area (Å²) < 4.78 is 9.65. The van der Waals surface area contributed by atoms with Crippen molar-refractivity contribution < 1.29 is 14.3 Å². The molecule has 0 radical (unpaired) electrons. The quantitative estimate of drug-likeness (QED) is 0.473. The molecule has 10 heavy (non-hydrogen) atoms. The van der Waals surface area contributed by atoms with E-state index in [1.54, 1.807) is 0 Å². The molecule has 1 heterocycles.